The van der Waals surface area contributed by atoms with Crippen molar-refractivity contribution in [2.75, 3.05) is 26.2 Å². The molecule has 3 rings (SSSR count). The fourth-order valence-corrected chi connectivity index (χ4v) is 3.45. The summed E-state index contributed by atoms with van der Waals surface area (Å²) < 4.78 is 0. The summed E-state index contributed by atoms with van der Waals surface area (Å²) in [6, 6.07) is -0.404. The van der Waals surface area contributed by atoms with Crippen LogP contribution < -0.4 is 0 Å². The molecular weight excluding hydrogens is 312 g/mol. The van der Waals surface area contributed by atoms with Gasteiger partial charge in [0.15, 0.2) is 5.82 Å². The first kappa shape index (κ1) is 16.8. The van der Waals surface area contributed by atoms with E-state index in [1.807, 2.05) is 20.8 Å². The van der Waals surface area contributed by atoms with E-state index in [2.05, 4.69) is 20.6 Å². The Morgan fingerprint density at radius 2 is 2.08 bits per heavy atom. The topological polar surface area (TPSA) is 115 Å². The normalized spacial score (nSPS) is 23.2. The summed E-state index contributed by atoms with van der Waals surface area (Å²) in [7, 11) is 0. The summed E-state index contributed by atoms with van der Waals surface area (Å²) in [6.07, 6.45) is 1.52. The predicted molar refractivity (Wildman–Crippen MR) is 83.7 cm³/mol. The molecule has 2 aliphatic rings. The zero-order valence-corrected chi connectivity index (χ0v) is 14.3. The maximum atomic E-state index is 12.8. The number of aromatic nitrogens is 4. The molecule has 0 radical (unpaired) electrons. The number of likely N-dealkylation sites (tertiary alicyclic amines) is 2. The molecule has 0 aliphatic carbocycles. The highest BCUT2D eigenvalue weighted by Crippen LogP contribution is 2.34. The molecule has 24 heavy (non-hydrogen) atoms. The molecule has 132 valence electrons. The van der Waals surface area contributed by atoms with E-state index in [4.69, 9.17) is 0 Å². The van der Waals surface area contributed by atoms with Gasteiger partial charge in [-0.2, -0.15) is 5.21 Å². The number of tetrazole rings is 1. The van der Waals surface area contributed by atoms with E-state index in [1.54, 1.807) is 9.80 Å². The Labute approximate surface area is 140 Å². The molecule has 0 bridgehead atoms. The third-order valence-corrected chi connectivity index (χ3v) is 4.86. The van der Waals surface area contributed by atoms with Crippen molar-refractivity contribution in [1.82, 2.24) is 30.4 Å². The first-order valence-corrected chi connectivity index (χ1v) is 8.23. The van der Waals surface area contributed by atoms with E-state index < -0.39 is 16.9 Å². The van der Waals surface area contributed by atoms with Crippen LogP contribution >= 0.6 is 0 Å². The number of H-pyrrole nitrogens is 1. The molecule has 2 fully saturated rings. The second-order valence-corrected chi connectivity index (χ2v) is 7.77. The van der Waals surface area contributed by atoms with Crippen LogP contribution in [0.25, 0.3) is 0 Å². The fourth-order valence-electron chi connectivity index (χ4n) is 3.45. The molecular formula is C15H24N6O3. The summed E-state index contributed by atoms with van der Waals surface area (Å²) in [4.78, 5) is 28.8. The molecule has 1 unspecified atom stereocenters. The van der Waals surface area contributed by atoms with Crippen LogP contribution in [0.15, 0.2) is 0 Å². The van der Waals surface area contributed by atoms with Crippen molar-refractivity contribution in [1.29, 1.82) is 0 Å². The van der Waals surface area contributed by atoms with Gasteiger partial charge in [0.1, 0.15) is 6.04 Å². The van der Waals surface area contributed by atoms with Crippen molar-refractivity contribution in [3.63, 3.8) is 0 Å². The predicted octanol–water partition coefficient (Wildman–Crippen LogP) is -0.691. The van der Waals surface area contributed by atoms with Crippen molar-refractivity contribution >= 4 is 11.8 Å². The maximum Gasteiger partial charge on any atom is 0.245 e. The van der Waals surface area contributed by atoms with Gasteiger partial charge in [-0.05, 0) is 12.8 Å². The third kappa shape index (κ3) is 2.66. The van der Waals surface area contributed by atoms with Gasteiger partial charge in [0, 0.05) is 25.0 Å². The number of aliphatic hydroxyl groups is 1. The Kier molecular flexibility index (Phi) is 4.06. The number of carbonyl (C=O) groups excluding carboxylic acids is 2. The van der Waals surface area contributed by atoms with Crippen molar-refractivity contribution in [2.24, 2.45) is 5.41 Å². The van der Waals surface area contributed by atoms with Gasteiger partial charge in [-0.25, -0.2) is 0 Å². The molecule has 9 nitrogen and oxygen atoms in total. The Morgan fingerprint density at radius 1 is 1.38 bits per heavy atom. The van der Waals surface area contributed by atoms with Crippen molar-refractivity contribution in [3.8, 4) is 0 Å². The van der Waals surface area contributed by atoms with E-state index in [-0.39, 0.29) is 18.4 Å². The lowest BCUT2D eigenvalue weighted by Crippen LogP contribution is -2.66. The minimum absolute atomic E-state index is 0.00506. The number of aliphatic hydroxyl groups excluding tert-OH is 1. The number of nitrogens with zero attached hydrogens (tertiary/aromatic N) is 5. The average molecular weight is 336 g/mol. The first-order chi connectivity index (χ1) is 11.3. The smallest absolute Gasteiger partial charge is 0.245 e. The minimum Gasteiger partial charge on any atom is -0.395 e. The molecule has 3 heterocycles. The lowest BCUT2D eigenvalue weighted by Gasteiger charge is -2.48. The van der Waals surface area contributed by atoms with Gasteiger partial charge in [-0.1, -0.05) is 26.0 Å². The standard InChI is InChI=1S/C15H24N6O3/c1-14(2,3)13(24)21-6-4-5-10(21)11(23)20-7-15(8-20,9-22)12-16-18-19-17-12/h10,22H,4-9H2,1-3H3,(H,16,17,18,19). The van der Waals surface area contributed by atoms with Gasteiger partial charge in [0.2, 0.25) is 11.8 Å². The Bertz CT molecular complexity index is 618. The summed E-state index contributed by atoms with van der Waals surface area (Å²) in [5.74, 6) is 0.367. The lowest BCUT2D eigenvalue weighted by molar-refractivity contribution is -0.153. The molecule has 0 saturated carbocycles. The quantitative estimate of drug-likeness (QED) is 0.755. The van der Waals surface area contributed by atoms with Gasteiger partial charge in [-0.3, -0.25) is 9.59 Å². The summed E-state index contributed by atoms with van der Waals surface area (Å²) >= 11 is 0. The van der Waals surface area contributed by atoms with Crippen LogP contribution in [0.2, 0.25) is 0 Å². The number of hydrogen-bond acceptors (Lipinski definition) is 6. The van der Waals surface area contributed by atoms with E-state index in [0.717, 1.165) is 6.42 Å². The van der Waals surface area contributed by atoms with Crippen LogP contribution in [0.5, 0.6) is 0 Å². The monoisotopic (exact) mass is 336 g/mol. The van der Waals surface area contributed by atoms with E-state index >= 15 is 0 Å². The van der Waals surface area contributed by atoms with Crippen LogP contribution in [0.3, 0.4) is 0 Å². The Morgan fingerprint density at radius 3 is 2.62 bits per heavy atom. The zero-order valence-electron chi connectivity index (χ0n) is 14.3. The van der Waals surface area contributed by atoms with Crippen molar-refractivity contribution < 1.29 is 14.7 Å². The summed E-state index contributed by atoms with van der Waals surface area (Å²) in [5.41, 5.74) is -1.16. The number of amides is 2. The van der Waals surface area contributed by atoms with E-state index in [0.29, 0.717) is 31.9 Å². The van der Waals surface area contributed by atoms with Crippen molar-refractivity contribution in [3.05, 3.63) is 5.82 Å². The number of carbonyl (C=O) groups is 2. The number of aromatic amines is 1. The molecule has 1 aromatic rings. The first-order valence-electron chi connectivity index (χ1n) is 8.23. The molecule has 1 atom stereocenters. The highest BCUT2D eigenvalue weighted by atomic mass is 16.3. The second-order valence-electron chi connectivity index (χ2n) is 7.77. The molecule has 2 amide bonds. The average Bonchev–Trinajstić information content (AvgIpc) is 3.16. The van der Waals surface area contributed by atoms with Gasteiger partial charge in [0.25, 0.3) is 0 Å². The number of nitrogens with one attached hydrogen (secondary N) is 1. The maximum absolute atomic E-state index is 12.8. The van der Waals surface area contributed by atoms with Crippen molar-refractivity contribution in [2.45, 2.75) is 45.1 Å². The van der Waals surface area contributed by atoms with Gasteiger partial charge in [-0.15, -0.1) is 10.2 Å². The second kappa shape index (κ2) is 5.80. The fraction of sp³-hybridized carbons (Fsp3) is 0.800. The molecule has 2 N–H and O–H groups in total. The minimum atomic E-state index is -0.653. The van der Waals surface area contributed by atoms with Crippen LogP contribution in [-0.4, -0.2) is 79.6 Å². The van der Waals surface area contributed by atoms with E-state index in [1.165, 1.54) is 0 Å². The van der Waals surface area contributed by atoms with Crippen LogP contribution in [0, 0.1) is 5.41 Å². The lowest BCUT2D eigenvalue weighted by atomic mass is 9.79. The van der Waals surface area contributed by atoms with Crippen LogP contribution in [-0.2, 0) is 15.0 Å². The Hall–Kier alpha value is -2.03. The Balaban J connectivity index is 1.69. The van der Waals surface area contributed by atoms with Crippen LogP contribution in [0.1, 0.15) is 39.4 Å². The SMILES string of the molecule is CC(C)(C)C(=O)N1CCCC1C(=O)N1CC(CO)(c2nn[nH]n2)C1. The molecule has 2 aliphatic heterocycles. The number of hydrogen-bond donors (Lipinski definition) is 2. The largest absolute Gasteiger partial charge is 0.395 e. The van der Waals surface area contributed by atoms with Gasteiger partial charge < -0.3 is 14.9 Å². The highest BCUT2D eigenvalue weighted by Gasteiger charge is 2.52. The third-order valence-electron chi connectivity index (χ3n) is 4.86. The summed E-state index contributed by atoms with van der Waals surface area (Å²) in [6.45, 7) is 6.76. The van der Waals surface area contributed by atoms with Gasteiger partial charge in [0.05, 0.1) is 12.0 Å². The van der Waals surface area contributed by atoms with E-state index in [9.17, 15) is 14.7 Å². The molecule has 9 heteroatoms. The molecule has 0 spiro atoms. The molecule has 2 saturated heterocycles. The molecule has 1 aromatic heterocycles. The zero-order chi connectivity index (χ0) is 17.5. The highest BCUT2D eigenvalue weighted by molar-refractivity contribution is 5.90. The molecule has 0 aromatic carbocycles. The summed E-state index contributed by atoms with van der Waals surface area (Å²) in [5, 5.41) is 23.5. The van der Waals surface area contributed by atoms with Gasteiger partial charge >= 0.3 is 0 Å². The number of rotatable bonds is 3. The van der Waals surface area contributed by atoms with Crippen LogP contribution in [0.4, 0.5) is 0 Å².